The van der Waals surface area contributed by atoms with E-state index in [4.69, 9.17) is 4.84 Å². The summed E-state index contributed by atoms with van der Waals surface area (Å²) >= 11 is 0. The molecule has 0 bridgehead atoms. The van der Waals surface area contributed by atoms with Gasteiger partial charge in [0.25, 0.3) is 5.91 Å². The lowest BCUT2D eigenvalue weighted by Crippen LogP contribution is -2.32. The Morgan fingerprint density at radius 2 is 1.45 bits per heavy atom. The lowest BCUT2D eigenvalue weighted by atomic mass is 10.1. The number of nitrogens with zero attached hydrogens (tertiary/aromatic N) is 2. The molecule has 22 heavy (non-hydrogen) atoms. The minimum Gasteiger partial charge on any atom is -0.378 e. The summed E-state index contributed by atoms with van der Waals surface area (Å²) in [6.45, 7) is 1.26. The summed E-state index contributed by atoms with van der Waals surface area (Å²) in [4.78, 5) is 30.9. The molecule has 0 aliphatic rings. The molecule has 0 spiro atoms. The number of para-hydroxylation sites is 1. The Morgan fingerprint density at radius 1 is 0.864 bits per heavy atom. The van der Waals surface area contributed by atoms with E-state index in [1.165, 1.54) is 6.92 Å². The van der Waals surface area contributed by atoms with E-state index >= 15 is 0 Å². The topological polar surface area (TPSA) is 49.9 Å². The van der Waals surface area contributed by atoms with Gasteiger partial charge in [0, 0.05) is 32.3 Å². The van der Waals surface area contributed by atoms with Crippen LogP contribution in [0.4, 0.5) is 11.4 Å². The summed E-state index contributed by atoms with van der Waals surface area (Å²) in [5.74, 6) is -0.950. The average Bonchev–Trinajstić information content (AvgIpc) is 2.52. The highest BCUT2D eigenvalue weighted by atomic mass is 16.7. The van der Waals surface area contributed by atoms with Gasteiger partial charge >= 0.3 is 5.97 Å². The molecule has 0 N–H and O–H groups in total. The van der Waals surface area contributed by atoms with Crippen LogP contribution in [0, 0.1) is 0 Å². The van der Waals surface area contributed by atoms with Crippen LogP contribution in [0.1, 0.15) is 17.3 Å². The number of hydrogen-bond acceptors (Lipinski definition) is 4. The van der Waals surface area contributed by atoms with E-state index in [-0.39, 0.29) is 0 Å². The zero-order valence-corrected chi connectivity index (χ0v) is 12.8. The molecule has 0 unspecified atom stereocenters. The van der Waals surface area contributed by atoms with Crippen LogP contribution < -0.4 is 9.96 Å². The van der Waals surface area contributed by atoms with Crippen molar-refractivity contribution >= 4 is 23.3 Å². The molecule has 0 saturated heterocycles. The standard InChI is InChI=1S/C17H18N2O3/c1-13(20)22-19(16-7-5-4-6-8-16)17(21)14-9-11-15(12-10-14)18(2)3/h4-12H,1-3H3. The van der Waals surface area contributed by atoms with E-state index in [1.54, 1.807) is 36.4 Å². The Balaban J connectivity index is 2.31. The van der Waals surface area contributed by atoms with Crippen molar-refractivity contribution in [1.82, 2.24) is 0 Å². The molecule has 5 nitrogen and oxygen atoms in total. The van der Waals surface area contributed by atoms with E-state index in [0.29, 0.717) is 11.3 Å². The summed E-state index contributed by atoms with van der Waals surface area (Å²) < 4.78 is 0. The van der Waals surface area contributed by atoms with Gasteiger partial charge in [0.1, 0.15) is 0 Å². The van der Waals surface area contributed by atoms with Crippen molar-refractivity contribution in [3.05, 3.63) is 60.2 Å². The molecule has 0 aliphatic heterocycles. The predicted molar refractivity (Wildman–Crippen MR) is 85.8 cm³/mol. The fourth-order valence-electron chi connectivity index (χ4n) is 1.92. The summed E-state index contributed by atoms with van der Waals surface area (Å²) in [5, 5.41) is 1.01. The minimum absolute atomic E-state index is 0.397. The summed E-state index contributed by atoms with van der Waals surface area (Å²) in [5.41, 5.74) is 1.92. The number of anilines is 2. The summed E-state index contributed by atoms with van der Waals surface area (Å²) in [7, 11) is 3.85. The first-order valence-electron chi connectivity index (χ1n) is 6.84. The second kappa shape index (κ2) is 6.76. The fourth-order valence-corrected chi connectivity index (χ4v) is 1.92. The number of hydrogen-bond donors (Lipinski definition) is 0. The second-order valence-corrected chi connectivity index (χ2v) is 4.96. The van der Waals surface area contributed by atoms with Crippen molar-refractivity contribution in [2.24, 2.45) is 0 Å². The molecule has 114 valence electrons. The Hall–Kier alpha value is -2.82. The predicted octanol–water partition coefficient (Wildman–Crippen LogP) is 2.88. The Bertz CT molecular complexity index is 651. The van der Waals surface area contributed by atoms with Gasteiger partial charge in [0.05, 0.1) is 5.69 Å². The Morgan fingerprint density at radius 3 is 1.95 bits per heavy atom. The SMILES string of the molecule is CC(=O)ON(C(=O)c1ccc(N(C)C)cc1)c1ccccc1. The maximum Gasteiger partial charge on any atom is 0.330 e. The van der Waals surface area contributed by atoms with Gasteiger partial charge in [-0.05, 0) is 36.4 Å². The van der Waals surface area contributed by atoms with Gasteiger partial charge in [0.2, 0.25) is 0 Å². The first kappa shape index (κ1) is 15.6. The summed E-state index contributed by atoms with van der Waals surface area (Å²) in [6.07, 6.45) is 0. The molecular formula is C17H18N2O3. The largest absolute Gasteiger partial charge is 0.378 e. The van der Waals surface area contributed by atoms with Crippen molar-refractivity contribution in [2.75, 3.05) is 24.1 Å². The van der Waals surface area contributed by atoms with Gasteiger partial charge in [-0.3, -0.25) is 4.79 Å². The Labute approximate surface area is 129 Å². The van der Waals surface area contributed by atoms with Gasteiger partial charge in [0.15, 0.2) is 0 Å². The zero-order chi connectivity index (χ0) is 16.1. The fraction of sp³-hybridized carbons (Fsp3) is 0.176. The quantitative estimate of drug-likeness (QED) is 0.818. The number of carbonyl (C=O) groups is 2. The molecule has 0 aliphatic carbocycles. The van der Waals surface area contributed by atoms with Crippen LogP contribution in [-0.4, -0.2) is 26.0 Å². The molecule has 5 heteroatoms. The third-order valence-electron chi connectivity index (χ3n) is 3.03. The molecule has 0 radical (unpaired) electrons. The normalized spacial score (nSPS) is 9.95. The average molecular weight is 298 g/mol. The number of amides is 1. The first-order chi connectivity index (χ1) is 10.5. The second-order valence-electron chi connectivity index (χ2n) is 4.96. The zero-order valence-electron chi connectivity index (χ0n) is 12.8. The van der Waals surface area contributed by atoms with Crippen LogP contribution in [0.15, 0.2) is 54.6 Å². The van der Waals surface area contributed by atoms with Crippen LogP contribution in [0.25, 0.3) is 0 Å². The van der Waals surface area contributed by atoms with Crippen LogP contribution in [-0.2, 0) is 9.63 Å². The highest BCUT2D eigenvalue weighted by molar-refractivity contribution is 6.05. The molecule has 0 aromatic heterocycles. The van der Waals surface area contributed by atoms with Crippen molar-refractivity contribution in [3.63, 3.8) is 0 Å². The van der Waals surface area contributed by atoms with Crippen LogP contribution >= 0.6 is 0 Å². The van der Waals surface area contributed by atoms with E-state index in [2.05, 4.69) is 0 Å². The van der Waals surface area contributed by atoms with E-state index < -0.39 is 11.9 Å². The number of carbonyl (C=O) groups excluding carboxylic acids is 2. The lowest BCUT2D eigenvalue weighted by Gasteiger charge is -2.21. The lowest BCUT2D eigenvalue weighted by molar-refractivity contribution is -0.141. The monoisotopic (exact) mass is 298 g/mol. The van der Waals surface area contributed by atoms with Crippen molar-refractivity contribution in [3.8, 4) is 0 Å². The Kier molecular flexibility index (Phi) is 4.78. The van der Waals surface area contributed by atoms with Gasteiger partial charge in [-0.2, -0.15) is 0 Å². The number of rotatable bonds is 3. The third kappa shape index (κ3) is 3.63. The molecular weight excluding hydrogens is 280 g/mol. The third-order valence-corrected chi connectivity index (χ3v) is 3.03. The van der Waals surface area contributed by atoms with Crippen molar-refractivity contribution in [1.29, 1.82) is 0 Å². The highest BCUT2D eigenvalue weighted by Crippen LogP contribution is 2.19. The van der Waals surface area contributed by atoms with Gasteiger partial charge < -0.3 is 9.74 Å². The van der Waals surface area contributed by atoms with Crippen molar-refractivity contribution < 1.29 is 14.4 Å². The molecule has 0 fully saturated rings. The molecule has 2 aromatic carbocycles. The molecule has 1 amide bonds. The van der Waals surface area contributed by atoms with E-state index in [9.17, 15) is 9.59 Å². The molecule has 2 aromatic rings. The minimum atomic E-state index is -0.554. The smallest absolute Gasteiger partial charge is 0.330 e. The van der Waals surface area contributed by atoms with E-state index in [1.807, 2.05) is 37.2 Å². The molecule has 0 saturated carbocycles. The van der Waals surface area contributed by atoms with Crippen LogP contribution in [0.5, 0.6) is 0 Å². The van der Waals surface area contributed by atoms with Gasteiger partial charge in [-0.25, -0.2) is 4.79 Å². The van der Waals surface area contributed by atoms with Crippen LogP contribution in [0.2, 0.25) is 0 Å². The van der Waals surface area contributed by atoms with Crippen LogP contribution in [0.3, 0.4) is 0 Å². The number of hydroxylamine groups is 1. The molecule has 0 atom stereocenters. The maximum atomic E-state index is 12.6. The molecule has 0 heterocycles. The van der Waals surface area contributed by atoms with Crippen molar-refractivity contribution in [2.45, 2.75) is 6.92 Å². The molecule has 2 rings (SSSR count). The highest BCUT2D eigenvalue weighted by Gasteiger charge is 2.21. The van der Waals surface area contributed by atoms with Gasteiger partial charge in [-0.15, -0.1) is 5.06 Å². The first-order valence-corrected chi connectivity index (χ1v) is 6.84. The van der Waals surface area contributed by atoms with Gasteiger partial charge in [-0.1, -0.05) is 18.2 Å². The maximum absolute atomic E-state index is 12.6. The summed E-state index contributed by atoms with van der Waals surface area (Å²) in [6, 6.07) is 15.9. The number of benzene rings is 2. The van der Waals surface area contributed by atoms with E-state index in [0.717, 1.165) is 10.8 Å².